The topological polar surface area (TPSA) is 210 Å². The van der Waals surface area contributed by atoms with E-state index >= 15 is 0 Å². The zero-order chi connectivity index (χ0) is 26.3. The molecule has 3 atom stereocenters. The Balaban J connectivity index is 1.78. The summed E-state index contributed by atoms with van der Waals surface area (Å²) in [5.41, 5.74) is 8.46. The molecular formula is C25H23N3O8. The van der Waals surface area contributed by atoms with Crippen LogP contribution in [0.1, 0.15) is 41.4 Å². The number of phenolic OH excluding ortho intramolecular Hbond substituents is 2. The van der Waals surface area contributed by atoms with Crippen LogP contribution in [0.5, 0.6) is 11.5 Å². The zero-order valence-electron chi connectivity index (χ0n) is 19.3. The van der Waals surface area contributed by atoms with Crippen LogP contribution in [0.3, 0.4) is 0 Å². The van der Waals surface area contributed by atoms with Crippen molar-refractivity contribution in [3.8, 4) is 22.8 Å². The molecule has 0 spiro atoms. The molecule has 1 aromatic heterocycles. The van der Waals surface area contributed by atoms with Crippen LogP contribution in [0.25, 0.3) is 22.1 Å². The van der Waals surface area contributed by atoms with E-state index in [2.05, 4.69) is 5.16 Å². The molecule has 0 bridgehead atoms. The van der Waals surface area contributed by atoms with Crippen molar-refractivity contribution in [2.75, 3.05) is 0 Å². The van der Waals surface area contributed by atoms with Gasteiger partial charge in [-0.25, -0.2) is 0 Å². The van der Waals surface area contributed by atoms with Crippen molar-refractivity contribution in [3.05, 3.63) is 52.4 Å². The van der Waals surface area contributed by atoms with Crippen LogP contribution in [-0.4, -0.2) is 54.7 Å². The number of benzene rings is 2. The summed E-state index contributed by atoms with van der Waals surface area (Å²) in [6.45, 7) is 3.88. The van der Waals surface area contributed by atoms with Gasteiger partial charge in [0.25, 0.3) is 5.91 Å². The van der Waals surface area contributed by atoms with Crippen LogP contribution in [0.4, 0.5) is 0 Å². The lowest BCUT2D eigenvalue weighted by Crippen LogP contribution is -2.64. The molecule has 11 heteroatoms. The molecule has 11 nitrogen and oxygen atoms in total. The van der Waals surface area contributed by atoms with Gasteiger partial charge in [0.15, 0.2) is 17.1 Å². The highest BCUT2D eigenvalue weighted by Crippen LogP contribution is 2.50. The van der Waals surface area contributed by atoms with Crippen LogP contribution in [0.15, 0.2) is 40.1 Å². The molecule has 1 amide bonds. The minimum Gasteiger partial charge on any atom is -0.508 e. The predicted molar refractivity (Wildman–Crippen MR) is 125 cm³/mol. The summed E-state index contributed by atoms with van der Waals surface area (Å²) in [4.78, 5) is 38.0. The van der Waals surface area contributed by atoms with E-state index in [1.807, 2.05) is 13.8 Å². The van der Waals surface area contributed by atoms with E-state index in [1.165, 1.54) is 12.1 Å². The maximum Gasteiger partial charge on any atom is 0.255 e. The Hall–Kier alpha value is -4.22. The molecule has 1 heterocycles. The number of fused-ring (bicyclic) bond motifs is 3. The van der Waals surface area contributed by atoms with Crippen molar-refractivity contribution >= 4 is 28.2 Å². The van der Waals surface area contributed by atoms with E-state index in [4.69, 9.17) is 16.0 Å². The molecular weight excluding hydrogens is 470 g/mol. The number of carbonyl (C=O) groups is 3. The lowest BCUT2D eigenvalue weighted by Gasteiger charge is -2.44. The van der Waals surface area contributed by atoms with Gasteiger partial charge < -0.3 is 36.4 Å². The number of hydrogen-bond donors (Lipinski definition) is 6. The van der Waals surface area contributed by atoms with Gasteiger partial charge in [0.1, 0.15) is 22.8 Å². The number of primary amides is 1. The second-order valence-corrected chi connectivity index (χ2v) is 9.47. The van der Waals surface area contributed by atoms with Gasteiger partial charge in [-0.1, -0.05) is 19.0 Å². The van der Waals surface area contributed by atoms with E-state index in [9.17, 15) is 34.8 Å². The normalized spacial score (nSPS) is 23.8. The average Bonchev–Trinajstić information content (AvgIpc) is 3.30. The quantitative estimate of drug-likeness (QED) is 0.288. The van der Waals surface area contributed by atoms with E-state index in [1.54, 1.807) is 12.1 Å². The van der Waals surface area contributed by atoms with Gasteiger partial charge in [0.05, 0.1) is 22.7 Å². The van der Waals surface area contributed by atoms with Crippen LogP contribution in [0.2, 0.25) is 0 Å². The number of rotatable bonds is 3. The Morgan fingerprint density at radius 1 is 1.19 bits per heavy atom. The molecule has 0 saturated heterocycles. The maximum atomic E-state index is 13.6. The Morgan fingerprint density at radius 2 is 1.89 bits per heavy atom. The molecule has 2 aliphatic carbocycles. The highest BCUT2D eigenvalue weighted by molar-refractivity contribution is 6.25. The fourth-order valence-electron chi connectivity index (χ4n) is 5.16. The Kier molecular flexibility index (Phi) is 4.99. The van der Waals surface area contributed by atoms with Crippen molar-refractivity contribution in [3.63, 3.8) is 0 Å². The number of aliphatic hydroxyl groups is 2. The number of Topliss-reactive ketones (excluding diaryl/α,β-unsaturated/α-hetero) is 2. The number of carbonyl (C=O) groups excluding carboxylic acids is 3. The zero-order valence-corrected chi connectivity index (χ0v) is 19.3. The van der Waals surface area contributed by atoms with Crippen molar-refractivity contribution < 1.29 is 39.3 Å². The summed E-state index contributed by atoms with van der Waals surface area (Å²) in [6, 6.07) is 4.59. The number of ketones is 2. The van der Waals surface area contributed by atoms with Crippen molar-refractivity contribution in [2.24, 2.45) is 17.4 Å². The van der Waals surface area contributed by atoms with Crippen molar-refractivity contribution in [1.82, 2.24) is 5.16 Å². The average molecular weight is 493 g/mol. The number of amides is 1. The van der Waals surface area contributed by atoms with E-state index < -0.39 is 52.1 Å². The molecule has 0 radical (unpaired) electrons. The largest absolute Gasteiger partial charge is 0.508 e. The molecule has 0 unspecified atom stereocenters. The summed E-state index contributed by atoms with van der Waals surface area (Å²) in [7, 11) is 0. The molecule has 0 saturated carbocycles. The minimum absolute atomic E-state index is 0.0821. The van der Waals surface area contributed by atoms with Gasteiger partial charge in [-0.15, -0.1) is 0 Å². The summed E-state index contributed by atoms with van der Waals surface area (Å²) in [5, 5.41) is 48.0. The van der Waals surface area contributed by atoms with Gasteiger partial charge in [-0.2, -0.15) is 0 Å². The highest BCUT2D eigenvalue weighted by Gasteiger charge is 2.61. The molecule has 3 aromatic rings. The summed E-state index contributed by atoms with van der Waals surface area (Å²) >= 11 is 0. The Morgan fingerprint density at radius 3 is 2.50 bits per heavy atom. The summed E-state index contributed by atoms with van der Waals surface area (Å²) in [6.07, 6.45) is -0.215. The first-order valence-corrected chi connectivity index (χ1v) is 11.2. The second-order valence-electron chi connectivity index (χ2n) is 9.47. The van der Waals surface area contributed by atoms with Crippen LogP contribution in [-0.2, 0) is 16.0 Å². The lowest BCUT2D eigenvalue weighted by molar-refractivity contribution is -0.127. The highest BCUT2D eigenvalue weighted by atomic mass is 16.5. The Bertz CT molecular complexity index is 1540. The molecule has 0 fully saturated rings. The molecule has 2 aliphatic rings. The van der Waals surface area contributed by atoms with Gasteiger partial charge in [-0.05, 0) is 36.1 Å². The predicted octanol–water partition coefficient (Wildman–Crippen LogP) is 1.32. The van der Waals surface area contributed by atoms with E-state index in [0.717, 1.165) is 0 Å². The Labute approximate surface area is 203 Å². The third kappa shape index (κ3) is 2.93. The molecule has 8 N–H and O–H groups in total. The number of nitrogens with two attached hydrogens (primary N) is 2. The smallest absolute Gasteiger partial charge is 0.255 e. The van der Waals surface area contributed by atoms with Gasteiger partial charge in [-0.3, -0.25) is 14.4 Å². The van der Waals surface area contributed by atoms with Crippen LogP contribution >= 0.6 is 0 Å². The van der Waals surface area contributed by atoms with E-state index in [-0.39, 0.29) is 34.6 Å². The van der Waals surface area contributed by atoms with Crippen LogP contribution < -0.4 is 11.5 Å². The number of hydrogen-bond acceptors (Lipinski definition) is 10. The van der Waals surface area contributed by atoms with Gasteiger partial charge in [0, 0.05) is 22.9 Å². The molecule has 0 aliphatic heterocycles. The number of nitrogens with zero attached hydrogens (tertiary/aromatic N) is 1. The monoisotopic (exact) mass is 493 g/mol. The number of aliphatic hydroxyl groups excluding tert-OH is 1. The van der Waals surface area contributed by atoms with Crippen molar-refractivity contribution in [1.29, 1.82) is 0 Å². The third-order valence-electron chi connectivity index (χ3n) is 7.10. The third-order valence-corrected chi connectivity index (χ3v) is 7.10. The molecule has 2 aromatic carbocycles. The fraction of sp³-hybridized carbons (Fsp3) is 0.280. The van der Waals surface area contributed by atoms with Gasteiger partial charge >= 0.3 is 0 Å². The SMILES string of the molecule is CC(C)c1cc(-c2ccc(O)c3c(O)c4c(cc23)C[C@H]2[C@@H](N)C(=O)C(C(N)=O)=C(O)[C@@]2(O)C4=O)on1. The van der Waals surface area contributed by atoms with E-state index in [0.29, 0.717) is 22.4 Å². The summed E-state index contributed by atoms with van der Waals surface area (Å²) < 4.78 is 5.48. The number of phenols is 2. The lowest BCUT2D eigenvalue weighted by atomic mass is 9.62. The maximum absolute atomic E-state index is 13.6. The van der Waals surface area contributed by atoms with Crippen molar-refractivity contribution in [2.45, 2.75) is 37.8 Å². The number of aromatic nitrogens is 1. The minimum atomic E-state index is -2.78. The molecule has 5 rings (SSSR count). The molecule has 36 heavy (non-hydrogen) atoms. The first-order valence-electron chi connectivity index (χ1n) is 11.2. The first kappa shape index (κ1) is 23.5. The standard InChI is InChI=1S/C25H23N3O8/c1-8(2)13-7-15(36-28-13)10-3-4-14(29)17-11(10)5-9-6-12-19(26)21(31)18(24(27)34)23(33)25(12,35)22(32)16(9)20(17)30/h3-5,7-8,12,19,29-30,33,35H,6,26H2,1-2H3,(H2,27,34)/t12-,19+,25-/m0/s1. The molecule has 186 valence electrons. The summed E-state index contributed by atoms with van der Waals surface area (Å²) in [5.74, 6) is -6.65. The van der Waals surface area contributed by atoms with Crippen LogP contribution in [0, 0.1) is 5.92 Å². The second kappa shape index (κ2) is 7.64. The van der Waals surface area contributed by atoms with Gasteiger partial charge in [0.2, 0.25) is 5.78 Å². The fourth-order valence-corrected chi connectivity index (χ4v) is 5.16. The number of aromatic hydroxyl groups is 2. The first-order chi connectivity index (χ1) is 16.9.